The molecule has 24 N–H and O–H groups in total. The van der Waals surface area contributed by atoms with Gasteiger partial charge in [0.25, 0.3) is 17.9 Å². The fourth-order valence-corrected chi connectivity index (χ4v) is 0. The number of carboxylic acid groups (broad SMARTS) is 3. The smallest absolute Gasteiger partial charge is 0.466 e. The summed E-state index contributed by atoms with van der Waals surface area (Å²) in [7, 11) is -4.64. The highest BCUT2D eigenvalue weighted by Crippen LogP contribution is 2.25. The molecule has 0 saturated carbocycles. The van der Waals surface area contributed by atoms with Crippen molar-refractivity contribution in [2.45, 2.75) is 20.8 Å². The Kier molecular flexibility index (Phi) is 128. The van der Waals surface area contributed by atoms with E-state index in [0.29, 0.717) is 0 Å². The van der Waals surface area contributed by atoms with E-state index in [2.05, 4.69) is 0 Å². The molecule has 0 aromatic carbocycles. The number of carboxylic acids is 3. The Labute approximate surface area is 133 Å². The second kappa shape index (κ2) is 42.7. The van der Waals surface area contributed by atoms with Crippen molar-refractivity contribution in [3.05, 3.63) is 0 Å². The summed E-state index contributed by atoms with van der Waals surface area (Å²) in [5, 5.41) is 22.2. The molecule has 0 aliphatic carbocycles. The number of hydrogen-bond acceptors (Lipinski definition) is 10. The highest BCUT2D eigenvalue weighted by molar-refractivity contribution is 7.45. The minimum Gasteiger partial charge on any atom is -0.481 e. The van der Waals surface area contributed by atoms with Gasteiger partial charge in [-0.3, -0.25) is 14.4 Å². The Morgan fingerprint density at radius 1 is 0.565 bits per heavy atom. The summed E-state index contributed by atoms with van der Waals surface area (Å²) in [5.41, 5.74) is 0. The average Bonchev–Trinajstić information content (AvgIpc) is 1.73. The quantitative estimate of drug-likeness (QED) is 0.251. The Bertz CT molecular complexity index is 236. The first-order valence-corrected chi connectivity index (χ1v) is 5.13. The summed E-state index contributed by atoms with van der Waals surface area (Å²) in [5.74, 6) is -2.50. The van der Waals surface area contributed by atoms with Crippen molar-refractivity contribution in [3.8, 4) is 0 Å². The van der Waals surface area contributed by atoms with E-state index in [1.165, 1.54) is 0 Å². The van der Waals surface area contributed by atoms with Gasteiger partial charge in [0.2, 0.25) is 0 Å². The molecule has 0 aromatic rings. The van der Waals surface area contributed by atoms with Crippen LogP contribution in [0.5, 0.6) is 0 Å². The van der Waals surface area contributed by atoms with Crippen LogP contribution in [-0.4, -0.2) is 47.9 Å². The minimum atomic E-state index is -4.64. The van der Waals surface area contributed by atoms with E-state index < -0.39 is 25.7 Å². The standard InChI is InChI=1S/3C2H4O2.6H3N.H3O4P/c3*1-2(3)4;;;;;;;1-5(2,3)4/h3*1H3,(H,3,4);6*1H3;(H3,1,2,3,4). The molecule has 152 valence electrons. The van der Waals surface area contributed by atoms with Crippen LogP contribution in [0.4, 0.5) is 0 Å². The zero-order chi connectivity index (χ0) is 15.2. The number of rotatable bonds is 0. The van der Waals surface area contributed by atoms with E-state index in [1.807, 2.05) is 0 Å². The summed E-state index contributed by atoms with van der Waals surface area (Å²) in [6.07, 6.45) is 0. The molecule has 0 aliphatic heterocycles. The van der Waals surface area contributed by atoms with Crippen LogP contribution in [0.1, 0.15) is 20.8 Å². The van der Waals surface area contributed by atoms with E-state index in [9.17, 15) is 0 Å². The van der Waals surface area contributed by atoms with Crippen LogP contribution in [0.25, 0.3) is 0 Å². The average molecular weight is 380 g/mol. The van der Waals surface area contributed by atoms with E-state index in [-0.39, 0.29) is 36.9 Å². The maximum Gasteiger partial charge on any atom is 0.466 e. The first-order valence-electron chi connectivity index (χ1n) is 3.57. The fraction of sp³-hybridized carbons (Fsp3) is 0.500. The van der Waals surface area contributed by atoms with Gasteiger partial charge in [-0.05, 0) is 0 Å². The zero-order valence-electron chi connectivity index (χ0n) is 13.5. The highest BCUT2D eigenvalue weighted by Gasteiger charge is 2.00. The molecule has 0 aromatic heterocycles. The van der Waals surface area contributed by atoms with Crippen LogP contribution in [0.2, 0.25) is 0 Å². The Balaban J connectivity index is -0.0000000113. The third-order valence-electron chi connectivity index (χ3n) is 0. The van der Waals surface area contributed by atoms with Crippen molar-refractivity contribution in [1.82, 2.24) is 36.9 Å². The second-order valence-corrected chi connectivity index (χ2v) is 3.10. The summed E-state index contributed by atoms with van der Waals surface area (Å²) in [4.78, 5) is 48.6. The van der Waals surface area contributed by atoms with E-state index in [0.717, 1.165) is 20.8 Å². The summed E-state index contributed by atoms with van der Waals surface area (Å²) in [6.45, 7) is 3.25. The van der Waals surface area contributed by atoms with Gasteiger partial charge < -0.3 is 66.9 Å². The molecule has 0 saturated heterocycles. The Hall–Kier alpha value is -1.72. The molecule has 0 bridgehead atoms. The molecule has 0 atom stereocenters. The van der Waals surface area contributed by atoms with E-state index in [1.54, 1.807) is 0 Å². The van der Waals surface area contributed by atoms with Crippen molar-refractivity contribution in [3.63, 3.8) is 0 Å². The zero-order valence-corrected chi connectivity index (χ0v) is 14.4. The van der Waals surface area contributed by atoms with Gasteiger partial charge in [0, 0.05) is 20.8 Å². The van der Waals surface area contributed by atoms with Crippen LogP contribution in [0, 0.1) is 0 Å². The lowest BCUT2D eigenvalue weighted by molar-refractivity contribution is -0.135. The van der Waals surface area contributed by atoms with Crippen LogP contribution < -0.4 is 36.9 Å². The summed E-state index contributed by atoms with van der Waals surface area (Å²) in [6, 6.07) is 0. The largest absolute Gasteiger partial charge is 0.481 e. The van der Waals surface area contributed by atoms with E-state index in [4.69, 9.17) is 48.9 Å². The molecule has 17 heteroatoms. The lowest BCUT2D eigenvalue weighted by Crippen LogP contribution is -1.78. The highest BCUT2D eigenvalue weighted by atomic mass is 31.2. The molecule has 0 radical (unpaired) electrons. The predicted octanol–water partition coefficient (Wildman–Crippen LogP) is 0.316. The maximum absolute atomic E-state index is 9.00. The number of carbonyl (C=O) groups is 3. The Morgan fingerprint density at radius 3 is 0.565 bits per heavy atom. The van der Waals surface area contributed by atoms with Crippen molar-refractivity contribution < 1.29 is 48.9 Å². The second-order valence-electron chi connectivity index (χ2n) is 2.07. The molecule has 0 amide bonds. The molecule has 0 aliphatic rings. The van der Waals surface area contributed by atoms with Crippen LogP contribution >= 0.6 is 7.82 Å². The van der Waals surface area contributed by atoms with Crippen molar-refractivity contribution in [2.75, 3.05) is 0 Å². The van der Waals surface area contributed by atoms with Gasteiger partial charge in [0.05, 0.1) is 0 Å². The third-order valence-corrected chi connectivity index (χ3v) is 0. The molecular formula is C6H33N6O10P. The predicted molar refractivity (Wildman–Crippen MR) is 84.3 cm³/mol. The molecule has 0 spiro atoms. The van der Waals surface area contributed by atoms with Gasteiger partial charge in [0.1, 0.15) is 0 Å². The summed E-state index contributed by atoms with van der Waals surface area (Å²) >= 11 is 0. The first-order chi connectivity index (χ1) is 7.20. The normalized spacial score (nSPS) is 5.83. The molecular weight excluding hydrogens is 347 g/mol. The number of aliphatic carboxylic acids is 3. The van der Waals surface area contributed by atoms with Crippen LogP contribution in [-0.2, 0) is 18.9 Å². The topological polar surface area (TPSA) is 400 Å². The van der Waals surface area contributed by atoms with Gasteiger partial charge >= 0.3 is 7.82 Å². The molecule has 23 heavy (non-hydrogen) atoms. The molecule has 0 heterocycles. The fourth-order valence-electron chi connectivity index (χ4n) is 0. The summed E-state index contributed by atoms with van der Waals surface area (Å²) < 4.78 is 8.88. The molecule has 0 fully saturated rings. The maximum atomic E-state index is 9.00. The van der Waals surface area contributed by atoms with Gasteiger partial charge in [-0.1, -0.05) is 0 Å². The van der Waals surface area contributed by atoms with Crippen LogP contribution in [0.3, 0.4) is 0 Å². The minimum absolute atomic E-state index is 0. The van der Waals surface area contributed by atoms with Crippen molar-refractivity contribution in [2.24, 2.45) is 0 Å². The lowest BCUT2D eigenvalue weighted by atomic mass is 10.9. The number of phosphoric acid groups is 1. The first kappa shape index (κ1) is 68.8. The molecule has 0 rings (SSSR count). The van der Waals surface area contributed by atoms with Gasteiger partial charge in [-0.25, -0.2) is 4.57 Å². The van der Waals surface area contributed by atoms with E-state index >= 15 is 0 Å². The van der Waals surface area contributed by atoms with Crippen molar-refractivity contribution in [1.29, 1.82) is 0 Å². The lowest BCUT2D eigenvalue weighted by Gasteiger charge is -1.82. The van der Waals surface area contributed by atoms with Gasteiger partial charge in [-0.15, -0.1) is 0 Å². The molecule has 0 unspecified atom stereocenters. The third kappa shape index (κ3) is 2290. The molecule has 16 nitrogen and oxygen atoms in total. The van der Waals surface area contributed by atoms with Gasteiger partial charge in [-0.2, -0.15) is 0 Å². The van der Waals surface area contributed by atoms with Crippen LogP contribution in [0.15, 0.2) is 0 Å². The number of hydrogen-bond donors (Lipinski definition) is 12. The van der Waals surface area contributed by atoms with Gasteiger partial charge in [0.15, 0.2) is 0 Å². The monoisotopic (exact) mass is 380 g/mol. The SMILES string of the molecule is CC(=O)O.CC(=O)O.CC(=O)O.N.N.N.N.N.N.O=P(O)(O)O. The Morgan fingerprint density at radius 2 is 0.565 bits per heavy atom. The van der Waals surface area contributed by atoms with Crippen molar-refractivity contribution >= 4 is 25.7 Å².